The van der Waals surface area contributed by atoms with Gasteiger partial charge in [-0.2, -0.15) is 0 Å². The number of halogens is 1. The third-order valence-electron chi connectivity index (χ3n) is 4.24. The van der Waals surface area contributed by atoms with Crippen molar-refractivity contribution >= 4 is 37.5 Å². The van der Waals surface area contributed by atoms with Crippen molar-refractivity contribution in [3.05, 3.63) is 88.9 Å². The average Bonchev–Trinajstić information content (AvgIpc) is 2.73. The quantitative estimate of drug-likeness (QED) is 0.488. The van der Waals surface area contributed by atoms with Gasteiger partial charge in [-0.05, 0) is 55.0 Å². The van der Waals surface area contributed by atoms with Gasteiger partial charge in [-0.25, -0.2) is 13.1 Å². The molecule has 0 radical (unpaired) electrons. The highest BCUT2D eigenvalue weighted by atomic mass is 79.9. The zero-order chi connectivity index (χ0) is 21.6. The standard InChI is InChI=1S/C22H21BrN2O4S/c1-16(17-6-3-2-4-7-17)25-30(27,28)21-12-10-20(11-13-21)29-15-22(26)24-19-9-5-8-18(23)14-19/h2-14,16,25H,15H2,1H3,(H,24,26). The predicted octanol–water partition coefficient (Wildman–Crippen LogP) is 4.51. The topological polar surface area (TPSA) is 84.5 Å². The van der Waals surface area contributed by atoms with Gasteiger partial charge in [-0.15, -0.1) is 0 Å². The van der Waals surface area contributed by atoms with E-state index in [0.29, 0.717) is 11.4 Å². The number of rotatable bonds is 8. The molecule has 3 rings (SSSR count). The summed E-state index contributed by atoms with van der Waals surface area (Å²) in [6.45, 7) is 1.59. The number of sulfonamides is 1. The average molecular weight is 489 g/mol. The highest BCUT2D eigenvalue weighted by Crippen LogP contribution is 2.20. The minimum Gasteiger partial charge on any atom is -0.484 e. The Bertz CT molecular complexity index is 1100. The van der Waals surface area contributed by atoms with Crippen molar-refractivity contribution in [1.29, 1.82) is 0 Å². The van der Waals surface area contributed by atoms with Crippen LogP contribution in [0.5, 0.6) is 5.75 Å². The van der Waals surface area contributed by atoms with E-state index in [1.807, 2.05) is 42.5 Å². The van der Waals surface area contributed by atoms with Crippen molar-refractivity contribution in [1.82, 2.24) is 4.72 Å². The molecule has 156 valence electrons. The number of hydrogen-bond acceptors (Lipinski definition) is 4. The maximum absolute atomic E-state index is 12.6. The fourth-order valence-corrected chi connectivity index (χ4v) is 4.37. The summed E-state index contributed by atoms with van der Waals surface area (Å²) >= 11 is 3.34. The van der Waals surface area contributed by atoms with Gasteiger partial charge in [0.15, 0.2) is 6.61 Å². The number of carbonyl (C=O) groups excluding carboxylic acids is 1. The number of benzene rings is 3. The molecule has 0 aliphatic heterocycles. The van der Waals surface area contributed by atoms with Crippen LogP contribution in [0.3, 0.4) is 0 Å². The fourth-order valence-electron chi connectivity index (χ4n) is 2.74. The SMILES string of the molecule is CC(NS(=O)(=O)c1ccc(OCC(=O)Nc2cccc(Br)c2)cc1)c1ccccc1. The molecule has 6 nitrogen and oxygen atoms in total. The molecule has 0 aromatic heterocycles. The van der Waals surface area contributed by atoms with Gasteiger partial charge in [0.05, 0.1) is 4.90 Å². The zero-order valence-electron chi connectivity index (χ0n) is 16.2. The maximum atomic E-state index is 12.6. The van der Waals surface area contributed by atoms with Gasteiger partial charge < -0.3 is 10.1 Å². The van der Waals surface area contributed by atoms with Crippen LogP contribution in [-0.2, 0) is 14.8 Å². The second kappa shape index (κ2) is 9.88. The van der Waals surface area contributed by atoms with Crippen molar-refractivity contribution in [3.63, 3.8) is 0 Å². The fraction of sp³-hybridized carbons (Fsp3) is 0.136. The number of anilines is 1. The number of hydrogen-bond donors (Lipinski definition) is 2. The van der Waals surface area contributed by atoms with Gasteiger partial charge in [-0.1, -0.05) is 52.3 Å². The smallest absolute Gasteiger partial charge is 0.262 e. The Balaban J connectivity index is 1.56. The molecular weight excluding hydrogens is 468 g/mol. The van der Waals surface area contributed by atoms with Crippen molar-refractivity contribution in [2.45, 2.75) is 17.9 Å². The van der Waals surface area contributed by atoms with Crippen LogP contribution in [0.25, 0.3) is 0 Å². The Morgan fingerprint density at radius 2 is 1.70 bits per heavy atom. The van der Waals surface area contributed by atoms with E-state index in [1.54, 1.807) is 19.1 Å². The molecule has 0 bridgehead atoms. The molecule has 1 amide bonds. The molecule has 1 atom stereocenters. The van der Waals surface area contributed by atoms with Crippen molar-refractivity contribution < 1.29 is 17.9 Å². The minimum absolute atomic E-state index is 0.121. The summed E-state index contributed by atoms with van der Waals surface area (Å²) in [4.78, 5) is 12.1. The van der Waals surface area contributed by atoms with Crippen LogP contribution in [0.1, 0.15) is 18.5 Å². The first-order chi connectivity index (χ1) is 14.3. The molecule has 0 aliphatic carbocycles. The third-order valence-corrected chi connectivity index (χ3v) is 6.29. The highest BCUT2D eigenvalue weighted by molar-refractivity contribution is 9.10. The van der Waals surface area contributed by atoms with Gasteiger partial charge in [0.25, 0.3) is 5.91 Å². The number of carbonyl (C=O) groups is 1. The van der Waals surface area contributed by atoms with Gasteiger partial charge in [0.1, 0.15) is 5.75 Å². The van der Waals surface area contributed by atoms with Crippen LogP contribution in [0.2, 0.25) is 0 Å². The highest BCUT2D eigenvalue weighted by Gasteiger charge is 2.18. The Morgan fingerprint density at radius 3 is 2.37 bits per heavy atom. The second-order valence-electron chi connectivity index (χ2n) is 6.57. The lowest BCUT2D eigenvalue weighted by molar-refractivity contribution is -0.118. The van der Waals surface area contributed by atoms with Crippen LogP contribution < -0.4 is 14.8 Å². The molecule has 2 N–H and O–H groups in total. The lowest BCUT2D eigenvalue weighted by atomic mass is 10.1. The van der Waals surface area contributed by atoms with Gasteiger partial charge in [0, 0.05) is 16.2 Å². The first-order valence-electron chi connectivity index (χ1n) is 9.19. The molecule has 8 heteroatoms. The molecule has 0 saturated heterocycles. The summed E-state index contributed by atoms with van der Waals surface area (Å²) in [7, 11) is -3.69. The molecule has 30 heavy (non-hydrogen) atoms. The molecule has 0 saturated carbocycles. The largest absolute Gasteiger partial charge is 0.484 e. The van der Waals surface area contributed by atoms with E-state index in [0.717, 1.165) is 10.0 Å². The second-order valence-corrected chi connectivity index (χ2v) is 9.20. The van der Waals surface area contributed by atoms with Gasteiger partial charge >= 0.3 is 0 Å². The van der Waals surface area contributed by atoms with Crippen LogP contribution in [0, 0.1) is 0 Å². The Morgan fingerprint density at radius 1 is 1.00 bits per heavy atom. The van der Waals surface area contributed by atoms with Crippen molar-refractivity contribution in [2.75, 3.05) is 11.9 Å². The zero-order valence-corrected chi connectivity index (χ0v) is 18.6. The molecule has 1 unspecified atom stereocenters. The molecule has 0 spiro atoms. The normalized spacial score (nSPS) is 12.2. The Hall–Kier alpha value is -2.68. The summed E-state index contributed by atoms with van der Waals surface area (Å²) in [6.07, 6.45) is 0. The van der Waals surface area contributed by atoms with Crippen LogP contribution in [0.4, 0.5) is 5.69 Å². The Labute approximate surface area is 184 Å². The number of ether oxygens (including phenoxy) is 1. The maximum Gasteiger partial charge on any atom is 0.262 e. The molecule has 0 aliphatic rings. The summed E-state index contributed by atoms with van der Waals surface area (Å²) < 4.78 is 34.2. The van der Waals surface area contributed by atoms with E-state index in [2.05, 4.69) is 26.0 Å². The number of nitrogens with one attached hydrogen (secondary N) is 2. The van der Waals surface area contributed by atoms with E-state index in [-0.39, 0.29) is 23.5 Å². The summed E-state index contributed by atoms with van der Waals surface area (Å²) in [5.74, 6) is 0.0811. The minimum atomic E-state index is -3.69. The monoisotopic (exact) mass is 488 g/mol. The molecule has 3 aromatic rings. The van der Waals surface area contributed by atoms with Gasteiger partial charge in [0.2, 0.25) is 10.0 Å². The van der Waals surface area contributed by atoms with Gasteiger partial charge in [-0.3, -0.25) is 4.79 Å². The first-order valence-corrected chi connectivity index (χ1v) is 11.5. The predicted molar refractivity (Wildman–Crippen MR) is 120 cm³/mol. The van der Waals surface area contributed by atoms with E-state index in [1.165, 1.54) is 24.3 Å². The molecule has 0 fully saturated rings. The molecule has 3 aromatic carbocycles. The van der Waals surface area contributed by atoms with Crippen molar-refractivity contribution in [2.24, 2.45) is 0 Å². The first kappa shape index (κ1) is 22.0. The lowest BCUT2D eigenvalue weighted by Gasteiger charge is -2.15. The van der Waals surface area contributed by atoms with Crippen LogP contribution in [0.15, 0.2) is 88.2 Å². The van der Waals surface area contributed by atoms with Crippen LogP contribution in [-0.4, -0.2) is 20.9 Å². The Kier molecular flexibility index (Phi) is 7.25. The summed E-state index contributed by atoms with van der Waals surface area (Å²) in [6, 6.07) is 22.1. The lowest BCUT2D eigenvalue weighted by Crippen LogP contribution is -2.26. The van der Waals surface area contributed by atoms with E-state index in [4.69, 9.17) is 4.74 Å². The summed E-state index contributed by atoms with van der Waals surface area (Å²) in [5.41, 5.74) is 1.52. The third kappa shape index (κ3) is 6.16. The van der Waals surface area contributed by atoms with Crippen LogP contribution >= 0.6 is 15.9 Å². The van der Waals surface area contributed by atoms with E-state index in [9.17, 15) is 13.2 Å². The van der Waals surface area contributed by atoms with E-state index < -0.39 is 10.0 Å². The van der Waals surface area contributed by atoms with Crippen molar-refractivity contribution in [3.8, 4) is 5.75 Å². The summed E-state index contributed by atoms with van der Waals surface area (Å²) in [5, 5.41) is 2.73. The molecular formula is C22H21BrN2O4S. The molecule has 0 heterocycles. The number of amides is 1. The van der Waals surface area contributed by atoms with E-state index >= 15 is 0 Å².